The number of furan rings is 1. The molecule has 1 unspecified atom stereocenters. The first-order chi connectivity index (χ1) is 14.3. The van der Waals surface area contributed by atoms with Crippen molar-refractivity contribution in [2.45, 2.75) is 46.9 Å². The van der Waals surface area contributed by atoms with E-state index in [0.717, 1.165) is 17.8 Å². The van der Waals surface area contributed by atoms with E-state index in [4.69, 9.17) is 9.15 Å². The van der Waals surface area contributed by atoms with Gasteiger partial charge in [-0.15, -0.1) is 0 Å². The number of benzene rings is 1. The van der Waals surface area contributed by atoms with Gasteiger partial charge in [-0.3, -0.25) is 19.6 Å². The Bertz CT molecular complexity index is 1070. The summed E-state index contributed by atoms with van der Waals surface area (Å²) < 4.78 is 13.1. The predicted molar refractivity (Wildman–Crippen MR) is 109 cm³/mol. The predicted octanol–water partition coefficient (Wildman–Crippen LogP) is 4.09. The summed E-state index contributed by atoms with van der Waals surface area (Å²) in [5, 5.41) is 18.1. The van der Waals surface area contributed by atoms with Gasteiger partial charge in [0.1, 0.15) is 18.1 Å². The molecule has 1 amide bonds. The van der Waals surface area contributed by atoms with Crippen molar-refractivity contribution in [1.29, 1.82) is 0 Å². The molecule has 0 saturated heterocycles. The minimum Gasteiger partial charge on any atom is -0.486 e. The van der Waals surface area contributed by atoms with Crippen LogP contribution in [0.1, 0.15) is 53.0 Å². The number of carbonyl (C=O) groups excluding carboxylic acids is 1. The van der Waals surface area contributed by atoms with Crippen LogP contribution in [-0.2, 0) is 13.2 Å². The molecule has 9 heteroatoms. The molecule has 9 nitrogen and oxygen atoms in total. The van der Waals surface area contributed by atoms with Gasteiger partial charge in [0.25, 0.3) is 11.6 Å². The highest BCUT2D eigenvalue weighted by Crippen LogP contribution is 2.24. The SMILES string of the molecule is CCn1ncc(C(C)NC(=O)c2ccc(COc3ccc([N+](=O)[O-])c(C)c3)o2)c1C. The molecule has 1 N–H and O–H groups in total. The number of nitrogens with one attached hydrogen (secondary N) is 1. The summed E-state index contributed by atoms with van der Waals surface area (Å²) in [7, 11) is 0. The van der Waals surface area contributed by atoms with Gasteiger partial charge in [0.15, 0.2) is 5.76 Å². The van der Waals surface area contributed by atoms with Gasteiger partial charge < -0.3 is 14.5 Å². The number of hydrogen-bond acceptors (Lipinski definition) is 6. The molecule has 2 aromatic heterocycles. The Hall–Kier alpha value is -3.62. The fourth-order valence-corrected chi connectivity index (χ4v) is 3.20. The summed E-state index contributed by atoms with van der Waals surface area (Å²) in [4.78, 5) is 23.0. The van der Waals surface area contributed by atoms with Gasteiger partial charge in [-0.05, 0) is 52.0 Å². The lowest BCUT2D eigenvalue weighted by Crippen LogP contribution is -2.26. The fourth-order valence-electron chi connectivity index (χ4n) is 3.20. The van der Waals surface area contributed by atoms with Crippen LogP contribution in [0.25, 0.3) is 0 Å². The summed E-state index contributed by atoms with van der Waals surface area (Å²) in [5.41, 5.74) is 2.51. The van der Waals surface area contributed by atoms with Crippen LogP contribution in [0.2, 0.25) is 0 Å². The second kappa shape index (κ2) is 8.81. The fraction of sp³-hybridized carbons (Fsp3) is 0.333. The summed E-state index contributed by atoms with van der Waals surface area (Å²) in [6.07, 6.45) is 1.76. The van der Waals surface area contributed by atoms with E-state index in [9.17, 15) is 14.9 Å². The highest BCUT2D eigenvalue weighted by molar-refractivity contribution is 5.91. The van der Waals surface area contributed by atoms with Gasteiger partial charge >= 0.3 is 0 Å². The third-order valence-corrected chi connectivity index (χ3v) is 4.89. The molecule has 0 aliphatic heterocycles. The molecular formula is C21H24N4O5. The molecule has 30 heavy (non-hydrogen) atoms. The lowest BCUT2D eigenvalue weighted by atomic mass is 10.1. The number of carbonyl (C=O) groups is 1. The highest BCUT2D eigenvalue weighted by Gasteiger charge is 2.18. The Kier molecular flexibility index (Phi) is 6.20. The van der Waals surface area contributed by atoms with E-state index in [2.05, 4.69) is 10.4 Å². The zero-order chi connectivity index (χ0) is 21.8. The van der Waals surface area contributed by atoms with Crippen LogP contribution in [-0.4, -0.2) is 20.6 Å². The second-order valence-electron chi connectivity index (χ2n) is 6.96. The molecule has 0 aliphatic carbocycles. The van der Waals surface area contributed by atoms with Crippen molar-refractivity contribution < 1.29 is 18.9 Å². The van der Waals surface area contributed by atoms with E-state index in [1.165, 1.54) is 12.1 Å². The maximum Gasteiger partial charge on any atom is 0.287 e. The van der Waals surface area contributed by atoms with Crippen molar-refractivity contribution in [1.82, 2.24) is 15.1 Å². The smallest absolute Gasteiger partial charge is 0.287 e. The number of rotatable bonds is 8. The number of nitro benzene ring substituents is 1. The molecule has 0 bridgehead atoms. The Morgan fingerprint density at radius 2 is 2.10 bits per heavy atom. The molecule has 1 aromatic carbocycles. The minimum absolute atomic E-state index is 0.0353. The van der Waals surface area contributed by atoms with Crippen molar-refractivity contribution >= 4 is 11.6 Å². The van der Waals surface area contributed by atoms with Crippen LogP contribution >= 0.6 is 0 Å². The van der Waals surface area contributed by atoms with E-state index in [-0.39, 0.29) is 30.0 Å². The molecule has 158 valence electrons. The maximum atomic E-state index is 12.5. The van der Waals surface area contributed by atoms with Crippen LogP contribution in [0.5, 0.6) is 5.75 Å². The molecular weight excluding hydrogens is 388 g/mol. The Morgan fingerprint density at radius 1 is 1.33 bits per heavy atom. The molecule has 3 rings (SSSR count). The van der Waals surface area contributed by atoms with Crippen LogP contribution in [0.15, 0.2) is 40.9 Å². The Morgan fingerprint density at radius 3 is 2.73 bits per heavy atom. The monoisotopic (exact) mass is 412 g/mol. The first kappa shape index (κ1) is 21.1. The van der Waals surface area contributed by atoms with Crippen LogP contribution in [0.3, 0.4) is 0 Å². The molecule has 0 radical (unpaired) electrons. The zero-order valence-corrected chi connectivity index (χ0v) is 17.3. The Balaban J connectivity index is 1.60. The summed E-state index contributed by atoms with van der Waals surface area (Å²) >= 11 is 0. The summed E-state index contributed by atoms with van der Waals surface area (Å²) in [5.74, 6) is 0.806. The quantitative estimate of drug-likeness (QED) is 0.440. The van der Waals surface area contributed by atoms with Crippen molar-refractivity contribution in [3.63, 3.8) is 0 Å². The van der Waals surface area contributed by atoms with Gasteiger partial charge in [-0.25, -0.2) is 0 Å². The van der Waals surface area contributed by atoms with Crippen molar-refractivity contribution in [3.05, 3.63) is 75.0 Å². The normalized spacial score (nSPS) is 11.9. The van der Waals surface area contributed by atoms with Crippen molar-refractivity contribution in [2.24, 2.45) is 0 Å². The highest BCUT2D eigenvalue weighted by atomic mass is 16.6. The summed E-state index contributed by atoms with van der Waals surface area (Å²) in [6, 6.07) is 7.56. The first-order valence-electron chi connectivity index (χ1n) is 9.59. The van der Waals surface area contributed by atoms with Crippen molar-refractivity contribution in [3.8, 4) is 5.75 Å². The number of ether oxygens (including phenoxy) is 1. The van der Waals surface area contributed by atoms with Crippen LogP contribution in [0.4, 0.5) is 5.69 Å². The number of nitro groups is 1. The molecule has 0 aliphatic rings. The number of hydrogen-bond donors (Lipinski definition) is 1. The first-order valence-corrected chi connectivity index (χ1v) is 9.59. The van der Waals surface area contributed by atoms with Gasteiger partial charge in [-0.1, -0.05) is 0 Å². The third kappa shape index (κ3) is 4.51. The molecule has 0 spiro atoms. The lowest BCUT2D eigenvalue weighted by molar-refractivity contribution is -0.385. The number of nitrogens with zero attached hydrogens (tertiary/aromatic N) is 3. The average molecular weight is 412 g/mol. The van der Waals surface area contributed by atoms with E-state index in [1.807, 2.05) is 25.5 Å². The topological polar surface area (TPSA) is 112 Å². The molecule has 0 fully saturated rings. The van der Waals surface area contributed by atoms with E-state index < -0.39 is 4.92 Å². The molecule has 0 saturated carbocycles. The number of amides is 1. The van der Waals surface area contributed by atoms with Gasteiger partial charge in [0.2, 0.25) is 0 Å². The second-order valence-corrected chi connectivity index (χ2v) is 6.96. The van der Waals surface area contributed by atoms with E-state index in [0.29, 0.717) is 17.1 Å². The molecule has 3 aromatic rings. The zero-order valence-electron chi connectivity index (χ0n) is 17.3. The van der Waals surface area contributed by atoms with E-state index in [1.54, 1.807) is 31.3 Å². The van der Waals surface area contributed by atoms with Crippen molar-refractivity contribution in [2.75, 3.05) is 0 Å². The van der Waals surface area contributed by atoms with Gasteiger partial charge in [0, 0.05) is 29.4 Å². The number of aromatic nitrogens is 2. The largest absolute Gasteiger partial charge is 0.486 e. The van der Waals surface area contributed by atoms with Crippen LogP contribution < -0.4 is 10.1 Å². The standard InChI is InChI=1S/C21H24N4O5/c1-5-24-15(4)18(11-22-24)14(3)23-21(26)20-9-7-17(30-20)12-29-16-6-8-19(25(27)28)13(2)10-16/h6-11,14H,5,12H2,1-4H3,(H,23,26). The minimum atomic E-state index is -0.438. The Labute approximate surface area is 173 Å². The number of aryl methyl sites for hydroxylation is 2. The average Bonchev–Trinajstić information content (AvgIpc) is 3.32. The van der Waals surface area contributed by atoms with Crippen LogP contribution in [0, 0.1) is 24.0 Å². The third-order valence-electron chi connectivity index (χ3n) is 4.89. The lowest BCUT2D eigenvalue weighted by Gasteiger charge is -2.13. The van der Waals surface area contributed by atoms with Gasteiger partial charge in [-0.2, -0.15) is 5.10 Å². The van der Waals surface area contributed by atoms with Gasteiger partial charge in [0.05, 0.1) is 17.2 Å². The molecule has 1 atom stereocenters. The summed E-state index contributed by atoms with van der Waals surface area (Å²) in [6.45, 7) is 8.39. The maximum absolute atomic E-state index is 12.5. The molecule has 2 heterocycles. The van der Waals surface area contributed by atoms with E-state index >= 15 is 0 Å².